The van der Waals surface area contributed by atoms with Crippen LogP contribution in [0.25, 0.3) is 11.2 Å². The van der Waals surface area contributed by atoms with E-state index in [0.717, 1.165) is 40.5 Å². The van der Waals surface area contributed by atoms with Crippen molar-refractivity contribution in [1.29, 1.82) is 0 Å². The summed E-state index contributed by atoms with van der Waals surface area (Å²) < 4.78 is 1.77. The van der Waals surface area contributed by atoms with Crippen molar-refractivity contribution in [2.24, 2.45) is 0 Å². The molecular weight excluding hydrogens is 300 g/mol. The molecule has 0 unspecified atom stereocenters. The highest BCUT2D eigenvalue weighted by Gasteiger charge is 2.28. The van der Waals surface area contributed by atoms with Crippen molar-refractivity contribution < 1.29 is 0 Å². The molecule has 6 heteroatoms. The maximum absolute atomic E-state index is 4.84. The first-order chi connectivity index (χ1) is 11.8. The van der Waals surface area contributed by atoms with E-state index in [4.69, 9.17) is 9.97 Å². The summed E-state index contributed by atoms with van der Waals surface area (Å²) in [5.74, 6) is 1.55. The number of aromatic nitrogens is 5. The van der Waals surface area contributed by atoms with Gasteiger partial charge in [0.1, 0.15) is 5.82 Å². The largest absolute Gasteiger partial charge is 0.305 e. The molecule has 1 N–H and O–H groups in total. The van der Waals surface area contributed by atoms with Gasteiger partial charge in [-0.05, 0) is 25.8 Å². The van der Waals surface area contributed by atoms with Crippen LogP contribution in [0.5, 0.6) is 0 Å². The minimum atomic E-state index is 0.251. The van der Waals surface area contributed by atoms with Crippen LogP contribution in [0.15, 0.2) is 36.8 Å². The van der Waals surface area contributed by atoms with Gasteiger partial charge in [0.25, 0.3) is 0 Å². The zero-order valence-corrected chi connectivity index (χ0v) is 13.5. The van der Waals surface area contributed by atoms with Gasteiger partial charge in [-0.2, -0.15) is 5.10 Å². The van der Waals surface area contributed by atoms with Crippen LogP contribution in [-0.4, -0.2) is 30.6 Å². The van der Waals surface area contributed by atoms with Crippen molar-refractivity contribution in [3.63, 3.8) is 0 Å². The minimum absolute atomic E-state index is 0.251. The van der Waals surface area contributed by atoms with E-state index in [-0.39, 0.29) is 6.04 Å². The third-order valence-electron chi connectivity index (χ3n) is 4.66. The molecule has 2 aliphatic rings. The summed E-state index contributed by atoms with van der Waals surface area (Å²) in [5, 5.41) is 7.73. The summed E-state index contributed by atoms with van der Waals surface area (Å²) in [7, 11) is 0. The van der Waals surface area contributed by atoms with Crippen LogP contribution in [-0.2, 0) is 6.54 Å². The fourth-order valence-electron chi connectivity index (χ4n) is 3.17. The number of nitrogens with zero attached hydrogens (tertiary/aromatic N) is 5. The van der Waals surface area contributed by atoms with E-state index in [9.17, 15) is 0 Å². The average Bonchev–Trinajstić information content (AvgIpc) is 3.37. The molecule has 120 valence electrons. The van der Waals surface area contributed by atoms with E-state index < -0.39 is 0 Å². The van der Waals surface area contributed by atoms with Gasteiger partial charge in [-0.15, -0.1) is 0 Å². The SMILES string of the molecule is C[C@@H]1C=C(c2ccn3nccc3n2)c2cnc(C3CC3)nc2CN1. The smallest absolute Gasteiger partial charge is 0.155 e. The van der Waals surface area contributed by atoms with Gasteiger partial charge in [-0.25, -0.2) is 19.5 Å². The van der Waals surface area contributed by atoms with Crippen molar-refractivity contribution >= 4 is 11.2 Å². The van der Waals surface area contributed by atoms with Gasteiger partial charge in [0.05, 0.1) is 17.6 Å². The molecule has 3 aromatic rings. The Morgan fingerprint density at radius 1 is 1.21 bits per heavy atom. The van der Waals surface area contributed by atoms with Gasteiger partial charge >= 0.3 is 0 Å². The molecule has 0 amide bonds. The van der Waals surface area contributed by atoms with Crippen LogP contribution in [0.3, 0.4) is 0 Å². The highest BCUT2D eigenvalue weighted by Crippen LogP contribution is 2.38. The normalized spacial score (nSPS) is 20.5. The number of fused-ring (bicyclic) bond motifs is 2. The molecule has 6 nitrogen and oxygen atoms in total. The predicted molar refractivity (Wildman–Crippen MR) is 90.4 cm³/mol. The minimum Gasteiger partial charge on any atom is -0.305 e. The summed E-state index contributed by atoms with van der Waals surface area (Å²) in [6.45, 7) is 2.91. The van der Waals surface area contributed by atoms with Crippen molar-refractivity contribution in [1.82, 2.24) is 29.9 Å². The molecule has 0 saturated heterocycles. The van der Waals surface area contributed by atoms with E-state index in [1.165, 1.54) is 12.8 Å². The number of hydrogen-bond donors (Lipinski definition) is 1. The second-order valence-corrected chi connectivity index (χ2v) is 6.56. The first-order valence-corrected chi connectivity index (χ1v) is 8.40. The molecule has 0 spiro atoms. The second-order valence-electron chi connectivity index (χ2n) is 6.56. The second kappa shape index (κ2) is 5.21. The maximum atomic E-state index is 4.84. The van der Waals surface area contributed by atoms with Gasteiger partial charge in [0, 0.05) is 48.1 Å². The molecule has 0 radical (unpaired) electrons. The quantitative estimate of drug-likeness (QED) is 0.785. The zero-order valence-electron chi connectivity index (χ0n) is 13.5. The molecule has 1 atom stereocenters. The maximum Gasteiger partial charge on any atom is 0.155 e. The van der Waals surface area contributed by atoms with E-state index in [2.05, 4.69) is 28.4 Å². The Morgan fingerprint density at radius 2 is 2.12 bits per heavy atom. The Labute approximate surface area is 139 Å². The van der Waals surface area contributed by atoms with Gasteiger partial charge in [0.2, 0.25) is 0 Å². The first-order valence-electron chi connectivity index (χ1n) is 8.40. The Hall–Kier alpha value is -2.60. The first kappa shape index (κ1) is 13.8. The van der Waals surface area contributed by atoms with Crippen molar-refractivity contribution in [3.8, 4) is 0 Å². The van der Waals surface area contributed by atoms with E-state index in [1.807, 2.05) is 24.5 Å². The van der Waals surface area contributed by atoms with Crippen molar-refractivity contribution in [2.75, 3.05) is 0 Å². The van der Waals surface area contributed by atoms with Crippen LogP contribution in [0.4, 0.5) is 0 Å². The molecule has 1 saturated carbocycles. The van der Waals surface area contributed by atoms with Crippen LogP contribution in [0.2, 0.25) is 0 Å². The highest BCUT2D eigenvalue weighted by molar-refractivity contribution is 5.80. The fourth-order valence-corrected chi connectivity index (χ4v) is 3.17. The summed E-state index contributed by atoms with van der Waals surface area (Å²) >= 11 is 0. The van der Waals surface area contributed by atoms with E-state index >= 15 is 0 Å². The Bertz CT molecular complexity index is 953. The summed E-state index contributed by atoms with van der Waals surface area (Å²) in [4.78, 5) is 14.2. The molecule has 0 bridgehead atoms. The number of hydrogen-bond acceptors (Lipinski definition) is 5. The molecule has 24 heavy (non-hydrogen) atoms. The highest BCUT2D eigenvalue weighted by atomic mass is 15.2. The summed E-state index contributed by atoms with van der Waals surface area (Å²) in [6, 6.07) is 4.17. The Balaban J connectivity index is 1.65. The van der Waals surface area contributed by atoms with Crippen molar-refractivity contribution in [3.05, 3.63) is 59.6 Å². The summed E-state index contributed by atoms with van der Waals surface area (Å²) in [6.07, 6.45) is 10.3. The number of rotatable bonds is 2. The van der Waals surface area contributed by atoms with E-state index in [0.29, 0.717) is 5.92 Å². The van der Waals surface area contributed by atoms with Crippen LogP contribution >= 0.6 is 0 Å². The lowest BCUT2D eigenvalue weighted by molar-refractivity contribution is 0.626. The average molecular weight is 318 g/mol. The topological polar surface area (TPSA) is 68.0 Å². The lowest BCUT2D eigenvalue weighted by Crippen LogP contribution is -2.22. The Morgan fingerprint density at radius 3 is 3.00 bits per heavy atom. The van der Waals surface area contributed by atoms with Crippen LogP contribution in [0.1, 0.15) is 48.5 Å². The molecule has 5 rings (SSSR count). The predicted octanol–water partition coefficient (Wildman–Crippen LogP) is 2.32. The van der Waals surface area contributed by atoms with Crippen molar-refractivity contribution in [2.45, 2.75) is 38.3 Å². The lowest BCUT2D eigenvalue weighted by Gasteiger charge is -2.11. The molecule has 1 aliphatic carbocycles. The Kier molecular flexibility index (Phi) is 2.99. The van der Waals surface area contributed by atoms with Gasteiger partial charge in [-0.3, -0.25) is 0 Å². The van der Waals surface area contributed by atoms with Gasteiger partial charge in [0.15, 0.2) is 5.65 Å². The van der Waals surface area contributed by atoms with Gasteiger partial charge in [-0.1, -0.05) is 6.08 Å². The molecule has 1 fully saturated rings. The molecule has 0 aromatic carbocycles. The third kappa shape index (κ3) is 2.30. The van der Waals surface area contributed by atoms with E-state index in [1.54, 1.807) is 10.7 Å². The van der Waals surface area contributed by atoms with Crippen LogP contribution in [0, 0.1) is 0 Å². The monoisotopic (exact) mass is 318 g/mol. The molecule has 1 aliphatic heterocycles. The molecular formula is C18H18N6. The zero-order chi connectivity index (χ0) is 16.1. The summed E-state index contributed by atoms with van der Waals surface area (Å²) in [5.41, 5.74) is 5.01. The fraction of sp³-hybridized carbons (Fsp3) is 0.333. The third-order valence-corrected chi connectivity index (χ3v) is 4.66. The standard InChI is InChI=1S/C18H18N6/c1-11-8-13(15-5-7-24-17(22-15)4-6-21-24)14-9-20-18(12-2-3-12)23-16(14)10-19-11/h4-9,11-12,19H,2-3,10H2,1H3/t11-/m1/s1. The number of nitrogens with one attached hydrogen (secondary N) is 1. The van der Waals surface area contributed by atoms with Crippen LogP contribution < -0.4 is 5.32 Å². The lowest BCUT2D eigenvalue weighted by atomic mass is 10.0. The molecule has 4 heterocycles. The molecule has 3 aromatic heterocycles. The van der Waals surface area contributed by atoms with Gasteiger partial charge < -0.3 is 5.32 Å².